The second kappa shape index (κ2) is 4.82. The zero-order chi connectivity index (χ0) is 14.2. The van der Waals surface area contributed by atoms with Gasteiger partial charge in [-0.25, -0.2) is 4.98 Å². The number of hydrogen-bond acceptors (Lipinski definition) is 6. The molecule has 0 unspecified atom stereocenters. The van der Waals surface area contributed by atoms with Gasteiger partial charge in [-0.05, 0) is 24.3 Å². The zero-order valence-corrected chi connectivity index (χ0v) is 12.1. The number of nitrogens with zero attached hydrogens (tertiary/aromatic N) is 1. The van der Waals surface area contributed by atoms with Crippen LogP contribution in [0.3, 0.4) is 0 Å². The first kappa shape index (κ1) is 12.3. The maximum absolute atomic E-state index is 5.37. The van der Waals surface area contributed by atoms with Crippen molar-refractivity contribution in [2.45, 2.75) is 0 Å². The molecule has 106 valence electrons. The van der Waals surface area contributed by atoms with Crippen LogP contribution in [0.25, 0.3) is 10.2 Å². The molecule has 0 radical (unpaired) electrons. The van der Waals surface area contributed by atoms with Crippen molar-refractivity contribution in [3.63, 3.8) is 0 Å². The van der Waals surface area contributed by atoms with E-state index in [1.54, 1.807) is 18.4 Å². The van der Waals surface area contributed by atoms with Gasteiger partial charge in [0.05, 0.1) is 17.3 Å². The standard InChI is InChI=1S/C15H12N2O3S/c1-18-10-3-5-14-11(7-10)17-15(21-14)16-9-2-4-12-13(6-9)20-8-19-12/h2-7H,8H2,1H3,(H,16,17). The number of ether oxygens (including phenoxy) is 3. The lowest BCUT2D eigenvalue weighted by molar-refractivity contribution is 0.174. The molecule has 3 aromatic rings. The van der Waals surface area contributed by atoms with Crippen LogP contribution in [0.4, 0.5) is 10.8 Å². The summed E-state index contributed by atoms with van der Waals surface area (Å²) in [6.45, 7) is 0.277. The van der Waals surface area contributed by atoms with Gasteiger partial charge in [-0.1, -0.05) is 11.3 Å². The minimum Gasteiger partial charge on any atom is -0.497 e. The number of fused-ring (bicyclic) bond motifs is 2. The number of anilines is 2. The molecule has 0 bridgehead atoms. The van der Waals surface area contributed by atoms with E-state index in [1.165, 1.54) is 0 Å². The van der Waals surface area contributed by atoms with Crippen LogP contribution in [0.1, 0.15) is 0 Å². The molecule has 1 aromatic heterocycles. The van der Waals surface area contributed by atoms with E-state index < -0.39 is 0 Å². The van der Waals surface area contributed by atoms with Crippen molar-refractivity contribution in [1.82, 2.24) is 4.98 Å². The topological polar surface area (TPSA) is 52.6 Å². The molecule has 2 aromatic carbocycles. The molecular weight excluding hydrogens is 288 g/mol. The first-order valence-corrected chi connectivity index (χ1v) is 7.25. The Hall–Kier alpha value is -2.47. The van der Waals surface area contributed by atoms with Gasteiger partial charge >= 0.3 is 0 Å². The molecule has 0 aliphatic carbocycles. The summed E-state index contributed by atoms with van der Waals surface area (Å²) in [6, 6.07) is 11.6. The smallest absolute Gasteiger partial charge is 0.231 e. The Balaban J connectivity index is 1.64. The Labute approximate surface area is 125 Å². The SMILES string of the molecule is COc1ccc2sc(Nc3ccc4c(c3)OCO4)nc2c1. The molecule has 0 amide bonds. The predicted molar refractivity (Wildman–Crippen MR) is 82.0 cm³/mol. The summed E-state index contributed by atoms with van der Waals surface area (Å²) in [5.41, 5.74) is 1.84. The van der Waals surface area contributed by atoms with Crippen molar-refractivity contribution in [3.8, 4) is 17.2 Å². The number of nitrogens with one attached hydrogen (secondary N) is 1. The molecule has 0 atom stereocenters. The number of thiazole rings is 1. The summed E-state index contributed by atoms with van der Waals surface area (Å²) in [5.74, 6) is 2.33. The minimum absolute atomic E-state index is 0.277. The molecule has 1 N–H and O–H groups in total. The minimum atomic E-state index is 0.277. The summed E-state index contributed by atoms with van der Waals surface area (Å²) in [6.07, 6.45) is 0. The second-order valence-electron chi connectivity index (χ2n) is 4.55. The van der Waals surface area contributed by atoms with Gasteiger partial charge in [0, 0.05) is 17.8 Å². The lowest BCUT2D eigenvalue weighted by atomic mass is 10.3. The monoisotopic (exact) mass is 300 g/mol. The highest BCUT2D eigenvalue weighted by Crippen LogP contribution is 2.36. The molecule has 6 heteroatoms. The predicted octanol–water partition coefficient (Wildman–Crippen LogP) is 3.78. The van der Waals surface area contributed by atoms with Gasteiger partial charge in [-0.3, -0.25) is 0 Å². The van der Waals surface area contributed by atoms with Crippen LogP contribution >= 0.6 is 11.3 Å². The highest BCUT2D eigenvalue weighted by molar-refractivity contribution is 7.22. The fraction of sp³-hybridized carbons (Fsp3) is 0.133. The van der Waals surface area contributed by atoms with Crippen molar-refractivity contribution in [2.24, 2.45) is 0 Å². The van der Waals surface area contributed by atoms with Gasteiger partial charge in [0.1, 0.15) is 5.75 Å². The van der Waals surface area contributed by atoms with E-state index in [1.807, 2.05) is 36.4 Å². The lowest BCUT2D eigenvalue weighted by Crippen LogP contribution is -1.93. The highest BCUT2D eigenvalue weighted by Gasteiger charge is 2.14. The molecule has 1 aliphatic heterocycles. The molecule has 21 heavy (non-hydrogen) atoms. The molecule has 0 fully saturated rings. The van der Waals surface area contributed by atoms with Crippen LogP contribution in [0, 0.1) is 0 Å². The normalized spacial score (nSPS) is 12.6. The summed E-state index contributed by atoms with van der Waals surface area (Å²) in [5, 5.41) is 4.12. The van der Waals surface area contributed by atoms with E-state index in [4.69, 9.17) is 14.2 Å². The third kappa shape index (κ3) is 2.23. The number of benzene rings is 2. The molecule has 0 saturated heterocycles. The van der Waals surface area contributed by atoms with Crippen molar-refractivity contribution in [2.75, 3.05) is 19.2 Å². The first-order valence-electron chi connectivity index (χ1n) is 6.43. The summed E-state index contributed by atoms with van der Waals surface area (Å²) in [7, 11) is 1.65. The van der Waals surface area contributed by atoms with Crippen LogP contribution < -0.4 is 19.5 Å². The molecule has 5 nitrogen and oxygen atoms in total. The van der Waals surface area contributed by atoms with Gasteiger partial charge in [0.2, 0.25) is 6.79 Å². The van der Waals surface area contributed by atoms with Gasteiger partial charge in [-0.2, -0.15) is 0 Å². The Bertz CT molecular complexity index is 816. The van der Waals surface area contributed by atoms with Crippen molar-refractivity contribution < 1.29 is 14.2 Å². The molecule has 1 aliphatic rings. The number of methoxy groups -OCH3 is 1. The molecular formula is C15H12N2O3S. The van der Waals surface area contributed by atoms with E-state index >= 15 is 0 Å². The fourth-order valence-corrected chi connectivity index (χ4v) is 3.05. The van der Waals surface area contributed by atoms with Crippen molar-refractivity contribution in [1.29, 1.82) is 0 Å². The van der Waals surface area contributed by atoms with Crippen LogP contribution in [0.5, 0.6) is 17.2 Å². The van der Waals surface area contributed by atoms with E-state index in [0.717, 1.165) is 38.3 Å². The Kier molecular flexibility index (Phi) is 2.82. The molecule has 4 rings (SSSR count). The van der Waals surface area contributed by atoms with Crippen molar-refractivity contribution >= 4 is 32.4 Å². The highest BCUT2D eigenvalue weighted by atomic mass is 32.1. The lowest BCUT2D eigenvalue weighted by Gasteiger charge is -2.03. The Morgan fingerprint density at radius 2 is 2.05 bits per heavy atom. The molecule has 0 spiro atoms. The van der Waals surface area contributed by atoms with Gasteiger partial charge < -0.3 is 19.5 Å². The van der Waals surface area contributed by atoms with Gasteiger partial charge in [-0.15, -0.1) is 0 Å². The maximum Gasteiger partial charge on any atom is 0.231 e. The first-order chi connectivity index (χ1) is 10.3. The third-order valence-electron chi connectivity index (χ3n) is 3.22. The van der Waals surface area contributed by atoms with Gasteiger partial charge in [0.15, 0.2) is 16.6 Å². The Morgan fingerprint density at radius 1 is 1.14 bits per heavy atom. The van der Waals surface area contributed by atoms with Crippen LogP contribution in [0.15, 0.2) is 36.4 Å². The average Bonchev–Trinajstić information content (AvgIpc) is 3.11. The zero-order valence-electron chi connectivity index (χ0n) is 11.3. The van der Waals surface area contributed by atoms with Crippen LogP contribution in [-0.4, -0.2) is 18.9 Å². The maximum atomic E-state index is 5.37. The Morgan fingerprint density at radius 3 is 2.95 bits per heavy atom. The third-order valence-corrected chi connectivity index (χ3v) is 4.17. The van der Waals surface area contributed by atoms with E-state index in [-0.39, 0.29) is 6.79 Å². The summed E-state index contributed by atoms with van der Waals surface area (Å²) in [4.78, 5) is 4.57. The average molecular weight is 300 g/mol. The van der Waals surface area contributed by atoms with E-state index in [9.17, 15) is 0 Å². The summed E-state index contributed by atoms with van der Waals surface area (Å²) >= 11 is 1.59. The quantitative estimate of drug-likeness (QED) is 0.798. The number of aromatic nitrogens is 1. The van der Waals surface area contributed by atoms with E-state index in [0.29, 0.717) is 0 Å². The number of hydrogen-bond donors (Lipinski definition) is 1. The van der Waals surface area contributed by atoms with Crippen LogP contribution in [0.2, 0.25) is 0 Å². The summed E-state index contributed by atoms with van der Waals surface area (Å²) < 4.78 is 17.0. The second-order valence-corrected chi connectivity index (χ2v) is 5.58. The van der Waals surface area contributed by atoms with Crippen LogP contribution in [-0.2, 0) is 0 Å². The number of rotatable bonds is 3. The van der Waals surface area contributed by atoms with E-state index in [2.05, 4.69) is 10.3 Å². The fourth-order valence-electron chi connectivity index (χ4n) is 2.19. The van der Waals surface area contributed by atoms with Crippen molar-refractivity contribution in [3.05, 3.63) is 36.4 Å². The molecule has 0 saturated carbocycles. The largest absolute Gasteiger partial charge is 0.497 e. The van der Waals surface area contributed by atoms with Gasteiger partial charge in [0.25, 0.3) is 0 Å². The molecule has 2 heterocycles.